The molecule has 0 atom stereocenters. The average Bonchev–Trinajstić information content (AvgIpc) is 2.74. The van der Waals surface area contributed by atoms with Crippen molar-refractivity contribution in [2.24, 2.45) is 5.92 Å². The molecule has 0 saturated carbocycles. The van der Waals surface area contributed by atoms with Gasteiger partial charge in [0.15, 0.2) is 24.0 Å². The van der Waals surface area contributed by atoms with Crippen molar-refractivity contribution in [1.82, 2.24) is 4.90 Å². The fourth-order valence-corrected chi connectivity index (χ4v) is 3.05. The highest BCUT2D eigenvalue weighted by molar-refractivity contribution is 5.98. The number of hydrogen-bond donors (Lipinski definition) is 1. The minimum Gasteiger partial charge on any atom is -0.457 e. The number of likely N-dealkylation sites (tertiary alicyclic amines) is 1. The SMILES string of the molecule is O=C(COC(=O)C1CCN(C(=O)Nc2ccccc2)CC1)c1ccc(F)c(F)c1. The van der Waals surface area contributed by atoms with Crippen LogP contribution < -0.4 is 5.32 Å². The molecule has 1 fully saturated rings. The summed E-state index contributed by atoms with van der Waals surface area (Å²) >= 11 is 0. The van der Waals surface area contributed by atoms with Gasteiger partial charge in [-0.1, -0.05) is 18.2 Å². The Hall–Kier alpha value is -3.29. The van der Waals surface area contributed by atoms with Crippen LogP contribution in [0.3, 0.4) is 0 Å². The number of nitrogens with one attached hydrogen (secondary N) is 1. The zero-order chi connectivity index (χ0) is 20.8. The number of ether oxygens (including phenoxy) is 1. The largest absolute Gasteiger partial charge is 0.457 e. The lowest BCUT2D eigenvalue weighted by Gasteiger charge is -2.30. The van der Waals surface area contributed by atoms with E-state index in [1.807, 2.05) is 18.2 Å². The summed E-state index contributed by atoms with van der Waals surface area (Å²) in [5.74, 6) is -3.76. The van der Waals surface area contributed by atoms with E-state index in [0.29, 0.717) is 31.6 Å². The molecule has 0 unspecified atom stereocenters. The molecule has 1 N–H and O–H groups in total. The Bertz CT molecular complexity index is 897. The van der Waals surface area contributed by atoms with Crippen LogP contribution in [0.15, 0.2) is 48.5 Å². The standard InChI is InChI=1S/C21H20F2N2O4/c22-17-7-6-15(12-18(17)23)19(26)13-29-20(27)14-8-10-25(11-9-14)21(28)24-16-4-2-1-3-5-16/h1-7,12,14H,8-11,13H2,(H,24,28). The molecule has 0 aliphatic carbocycles. The third-order valence-corrected chi connectivity index (χ3v) is 4.73. The van der Waals surface area contributed by atoms with E-state index >= 15 is 0 Å². The zero-order valence-electron chi connectivity index (χ0n) is 15.6. The maximum Gasteiger partial charge on any atom is 0.321 e. The van der Waals surface area contributed by atoms with Crippen molar-refractivity contribution >= 4 is 23.5 Å². The summed E-state index contributed by atoms with van der Waals surface area (Å²) in [6.07, 6.45) is 0.834. The molecule has 1 saturated heterocycles. The zero-order valence-corrected chi connectivity index (χ0v) is 15.6. The normalized spacial score (nSPS) is 14.3. The molecule has 6 nitrogen and oxygen atoms in total. The summed E-state index contributed by atoms with van der Waals surface area (Å²) in [5.41, 5.74) is 0.624. The van der Waals surface area contributed by atoms with Crippen molar-refractivity contribution in [2.75, 3.05) is 25.0 Å². The van der Waals surface area contributed by atoms with Crippen molar-refractivity contribution in [3.63, 3.8) is 0 Å². The Morgan fingerprint density at radius 1 is 1.00 bits per heavy atom. The van der Waals surface area contributed by atoms with Crippen molar-refractivity contribution in [3.8, 4) is 0 Å². The number of carbonyl (C=O) groups is 3. The van der Waals surface area contributed by atoms with Gasteiger partial charge in [0.1, 0.15) is 0 Å². The Morgan fingerprint density at radius 3 is 2.34 bits per heavy atom. The number of benzene rings is 2. The summed E-state index contributed by atoms with van der Waals surface area (Å²) in [5, 5.41) is 2.79. The summed E-state index contributed by atoms with van der Waals surface area (Å²) in [6.45, 7) is 0.226. The molecule has 0 bridgehead atoms. The van der Waals surface area contributed by atoms with Gasteiger partial charge in [0, 0.05) is 24.3 Å². The lowest BCUT2D eigenvalue weighted by molar-refractivity contribution is -0.148. The van der Waals surface area contributed by atoms with Crippen LogP contribution in [0.4, 0.5) is 19.3 Å². The van der Waals surface area contributed by atoms with Crippen molar-refractivity contribution in [2.45, 2.75) is 12.8 Å². The molecule has 152 valence electrons. The molecular weight excluding hydrogens is 382 g/mol. The second kappa shape index (κ2) is 9.27. The molecule has 8 heteroatoms. The van der Waals surface area contributed by atoms with Crippen LogP contribution in [-0.2, 0) is 9.53 Å². The molecule has 2 aromatic carbocycles. The Morgan fingerprint density at radius 2 is 1.69 bits per heavy atom. The first-order valence-electron chi connectivity index (χ1n) is 9.20. The first-order valence-corrected chi connectivity index (χ1v) is 9.20. The number of halogens is 2. The number of rotatable bonds is 5. The van der Waals surface area contributed by atoms with Crippen molar-refractivity contribution in [1.29, 1.82) is 0 Å². The van der Waals surface area contributed by atoms with Gasteiger partial charge in [0.05, 0.1) is 5.92 Å². The monoisotopic (exact) mass is 402 g/mol. The highest BCUT2D eigenvalue weighted by Gasteiger charge is 2.29. The third kappa shape index (κ3) is 5.37. The minimum atomic E-state index is -1.14. The fraction of sp³-hybridized carbons (Fsp3) is 0.286. The van der Waals surface area contributed by atoms with E-state index in [1.54, 1.807) is 17.0 Å². The van der Waals surface area contributed by atoms with Gasteiger partial charge in [-0.2, -0.15) is 0 Å². The molecule has 1 aliphatic rings. The van der Waals surface area contributed by atoms with Crippen LogP contribution in [-0.4, -0.2) is 42.4 Å². The predicted octanol–water partition coefficient (Wildman–Crippen LogP) is 3.63. The van der Waals surface area contributed by atoms with Crippen LogP contribution in [0.1, 0.15) is 23.2 Å². The summed E-state index contributed by atoms with van der Waals surface area (Å²) in [6, 6.07) is 11.6. The Balaban J connectivity index is 1.44. The molecule has 0 spiro atoms. The van der Waals surface area contributed by atoms with E-state index in [9.17, 15) is 23.2 Å². The number of esters is 1. The lowest BCUT2D eigenvalue weighted by Crippen LogP contribution is -2.42. The maximum atomic E-state index is 13.2. The fourth-order valence-electron chi connectivity index (χ4n) is 3.05. The van der Waals surface area contributed by atoms with Crippen molar-refractivity contribution in [3.05, 3.63) is 65.7 Å². The van der Waals surface area contributed by atoms with Gasteiger partial charge in [-0.3, -0.25) is 9.59 Å². The number of anilines is 1. The van der Waals surface area contributed by atoms with Crippen LogP contribution in [0.5, 0.6) is 0 Å². The van der Waals surface area contributed by atoms with Crippen LogP contribution in [0.2, 0.25) is 0 Å². The quantitative estimate of drug-likeness (QED) is 0.612. The number of ketones is 1. The van der Waals surface area contributed by atoms with Crippen LogP contribution in [0, 0.1) is 17.6 Å². The number of Topliss-reactive ketones (excluding diaryl/α,β-unsaturated/α-hetero) is 1. The second-order valence-corrected chi connectivity index (χ2v) is 6.72. The van der Waals surface area contributed by atoms with Gasteiger partial charge < -0.3 is 15.0 Å². The average molecular weight is 402 g/mol. The van der Waals surface area contributed by atoms with Gasteiger partial charge in [0.2, 0.25) is 0 Å². The molecule has 2 amide bonds. The highest BCUT2D eigenvalue weighted by Crippen LogP contribution is 2.20. The summed E-state index contributed by atoms with van der Waals surface area (Å²) < 4.78 is 31.2. The van der Waals surface area contributed by atoms with E-state index in [0.717, 1.165) is 18.2 Å². The number of urea groups is 1. The van der Waals surface area contributed by atoms with Gasteiger partial charge in [-0.15, -0.1) is 0 Å². The van der Waals surface area contributed by atoms with Gasteiger partial charge in [0.25, 0.3) is 0 Å². The smallest absolute Gasteiger partial charge is 0.321 e. The summed E-state index contributed by atoms with van der Waals surface area (Å²) in [4.78, 5) is 38.1. The molecule has 0 aromatic heterocycles. The number of para-hydroxylation sites is 1. The number of piperidine rings is 1. The number of hydrogen-bond acceptors (Lipinski definition) is 4. The van der Waals surface area contributed by atoms with E-state index < -0.39 is 35.9 Å². The van der Waals surface area contributed by atoms with E-state index in [-0.39, 0.29) is 11.6 Å². The number of nitrogens with zero attached hydrogens (tertiary/aromatic N) is 1. The molecule has 1 heterocycles. The molecular formula is C21H20F2N2O4. The van der Waals surface area contributed by atoms with Crippen LogP contribution in [0.25, 0.3) is 0 Å². The van der Waals surface area contributed by atoms with Gasteiger partial charge in [-0.25, -0.2) is 13.6 Å². The Kier molecular flexibility index (Phi) is 6.54. The Labute approximate surface area is 166 Å². The first-order chi connectivity index (χ1) is 13.9. The first kappa shape index (κ1) is 20.4. The molecule has 1 aliphatic heterocycles. The van der Waals surface area contributed by atoms with E-state index in [1.165, 1.54) is 0 Å². The van der Waals surface area contributed by atoms with Crippen molar-refractivity contribution < 1.29 is 27.9 Å². The van der Waals surface area contributed by atoms with Gasteiger partial charge in [-0.05, 0) is 43.2 Å². The number of carbonyl (C=O) groups excluding carboxylic acids is 3. The lowest BCUT2D eigenvalue weighted by atomic mass is 9.97. The second-order valence-electron chi connectivity index (χ2n) is 6.72. The van der Waals surface area contributed by atoms with E-state index in [2.05, 4.69) is 5.32 Å². The van der Waals surface area contributed by atoms with Crippen LogP contribution >= 0.6 is 0 Å². The van der Waals surface area contributed by atoms with Gasteiger partial charge >= 0.3 is 12.0 Å². The molecule has 0 radical (unpaired) electrons. The molecule has 2 aromatic rings. The predicted molar refractivity (Wildman–Crippen MR) is 101 cm³/mol. The number of amides is 2. The molecule has 29 heavy (non-hydrogen) atoms. The maximum absolute atomic E-state index is 13.2. The van der Waals surface area contributed by atoms with E-state index in [4.69, 9.17) is 4.74 Å². The third-order valence-electron chi connectivity index (χ3n) is 4.73. The summed E-state index contributed by atoms with van der Waals surface area (Å²) in [7, 11) is 0. The minimum absolute atomic E-state index is 0.0656. The molecule has 3 rings (SSSR count). The highest BCUT2D eigenvalue weighted by atomic mass is 19.2. The topological polar surface area (TPSA) is 75.7 Å².